The van der Waals surface area contributed by atoms with E-state index in [1.807, 2.05) is 25.5 Å². The van der Waals surface area contributed by atoms with Crippen LogP contribution >= 0.6 is 11.3 Å². The van der Waals surface area contributed by atoms with Crippen LogP contribution in [0.15, 0.2) is 0 Å². The summed E-state index contributed by atoms with van der Waals surface area (Å²) < 4.78 is 1.95. The van der Waals surface area contributed by atoms with Crippen molar-refractivity contribution in [3.63, 3.8) is 0 Å². The largest absolute Gasteiger partial charge is 0.299 e. The first-order valence-corrected chi connectivity index (χ1v) is 9.05. The highest BCUT2D eigenvalue weighted by Crippen LogP contribution is 2.19. The molecular weight excluding hydrogens is 326 g/mol. The third-order valence-corrected chi connectivity index (χ3v) is 4.97. The summed E-state index contributed by atoms with van der Waals surface area (Å²) in [5.74, 6) is 1.68. The number of carbonyl (C=O) groups is 1. The Morgan fingerprint density at radius 1 is 1.29 bits per heavy atom. The molecule has 130 valence electrons. The molecule has 2 aromatic heterocycles. The molecule has 0 saturated carbocycles. The van der Waals surface area contributed by atoms with Crippen molar-refractivity contribution >= 4 is 22.4 Å². The third-order valence-electron chi connectivity index (χ3n) is 4.21. The van der Waals surface area contributed by atoms with E-state index in [2.05, 4.69) is 30.5 Å². The molecule has 0 bridgehead atoms. The topological polar surface area (TPSA) is 88.8 Å². The number of amides is 1. The van der Waals surface area contributed by atoms with Crippen molar-refractivity contribution in [3.8, 4) is 0 Å². The molecule has 3 rings (SSSR count). The Labute approximate surface area is 145 Å². The number of nitrogens with zero attached hydrogens (tertiary/aromatic N) is 6. The summed E-state index contributed by atoms with van der Waals surface area (Å²) in [6, 6.07) is 0.306. The fraction of sp³-hybridized carbons (Fsp3) is 0.667. The molecule has 1 saturated heterocycles. The maximum atomic E-state index is 12.3. The van der Waals surface area contributed by atoms with Gasteiger partial charge >= 0.3 is 0 Å². The van der Waals surface area contributed by atoms with Gasteiger partial charge in [0.15, 0.2) is 0 Å². The van der Waals surface area contributed by atoms with Gasteiger partial charge < -0.3 is 0 Å². The molecular formula is C15H23N7OS. The van der Waals surface area contributed by atoms with E-state index in [0.29, 0.717) is 17.7 Å². The quantitative estimate of drug-likeness (QED) is 0.881. The zero-order chi connectivity index (χ0) is 17.1. The van der Waals surface area contributed by atoms with Crippen molar-refractivity contribution in [2.75, 3.05) is 18.4 Å². The average Bonchev–Trinajstić information content (AvgIpc) is 3.06. The molecule has 1 N–H and O–H groups in total. The van der Waals surface area contributed by atoms with Crippen molar-refractivity contribution < 1.29 is 4.79 Å². The van der Waals surface area contributed by atoms with Crippen molar-refractivity contribution in [1.29, 1.82) is 0 Å². The Morgan fingerprint density at radius 2 is 2.12 bits per heavy atom. The van der Waals surface area contributed by atoms with E-state index in [1.165, 1.54) is 17.8 Å². The molecule has 1 fully saturated rings. The first-order valence-electron chi connectivity index (χ1n) is 8.23. The third kappa shape index (κ3) is 4.15. The van der Waals surface area contributed by atoms with E-state index in [9.17, 15) is 4.79 Å². The van der Waals surface area contributed by atoms with E-state index in [4.69, 9.17) is 0 Å². The SMILES string of the molecule is Cc1nc(C)n(C[C@@H]2CCCCN2CC(=O)Nc2nnc(C)s2)n1. The summed E-state index contributed by atoms with van der Waals surface area (Å²) in [5, 5.41) is 16.6. The molecule has 1 aliphatic heterocycles. The predicted molar refractivity (Wildman–Crippen MR) is 92.0 cm³/mol. The first-order chi connectivity index (χ1) is 11.5. The van der Waals surface area contributed by atoms with Crippen LogP contribution in [0.4, 0.5) is 5.13 Å². The van der Waals surface area contributed by atoms with Crippen LogP contribution in [0.1, 0.15) is 35.9 Å². The fourth-order valence-electron chi connectivity index (χ4n) is 3.10. The van der Waals surface area contributed by atoms with Gasteiger partial charge in [-0.2, -0.15) is 5.10 Å². The van der Waals surface area contributed by atoms with Crippen molar-refractivity contribution in [1.82, 2.24) is 29.9 Å². The second-order valence-corrected chi connectivity index (χ2v) is 7.36. The van der Waals surface area contributed by atoms with Crippen LogP contribution in [0.25, 0.3) is 0 Å². The highest BCUT2D eigenvalue weighted by Gasteiger charge is 2.25. The maximum Gasteiger partial charge on any atom is 0.240 e. The lowest BCUT2D eigenvalue weighted by molar-refractivity contribution is -0.118. The Hall–Kier alpha value is -1.87. The first kappa shape index (κ1) is 17.0. The highest BCUT2D eigenvalue weighted by molar-refractivity contribution is 7.15. The van der Waals surface area contributed by atoms with Crippen molar-refractivity contribution in [2.24, 2.45) is 0 Å². The molecule has 3 heterocycles. The zero-order valence-corrected chi connectivity index (χ0v) is 15.1. The number of aromatic nitrogens is 5. The van der Waals surface area contributed by atoms with Crippen LogP contribution in [0.3, 0.4) is 0 Å². The van der Waals surface area contributed by atoms with Gasteiger partial charge in [0.1, 0.15) is 16.7 Å². The number of anilines is 1. The van der Waals surface area contributed by atoms with Gasteiger partial charge in [-0.15, -0.1) is 10.2 Å². The minimum Gasteiger partial charge on any atom is -0.299 e. The van der Waals surface area contributed by atoms with E-state index in [0.717, 1.165) is 42.6 Å². The zero-order valence-electron chi connectivity index (χ0n) is 14.3. The van der Waals surface area contributed by atoms with Gasteiger partial charge in [0.05, 0.1) is 13.1 Å². The molecule has 0 aliphatic carbocycles. The van der Waals surface area contributed by atoms with E-state index < -0.39 is 0 Å². The van der Waals surface area contributed by atoms with Crippen molar-refractivity contribution in [3.05, 3.63) is 16.7 Å². The molecule has 2 aromatic rings. The summed E-state index contributed by atoms with van der Waals surface area (Å²) in [5.41, 5.74) is 0. The number of hydrogen-bond donors (Lipinski definition) is 1. The number of hydrogen-bond acceptors (Lipinski definition) is 7. The van der Waals surface area contributed by atoms with Crippen LogP contribution in [0.2, 0.25) is 0 Å². The molecule has 1 amide bonds. The Bertz CT molecular complexity index is 710. The molecule has 9 heteroatoms. The van der Waals surface area contributed by atoms with Gasteiger partial charge in [-0.05, 0) is 40.2 Å². The monoisotopic (exact) mass is 349 g/mol. The molecule has 0 radical (unpaired) electrons. The lowest BCUT2D eigenvalue weighted by atomic mass is 10.0. The molecule has 0 unspecified atom stereocenters. The van der Waals surface area contributed by atoms with Gasteiger partial charge in [-0.25, -0.2) is 9.67 Å². The number of likely N-dealkylation sites (tertiary alicyclic amines) is 1. The van der Waals surface area contributed by atoms with E-state index in [1.54, 1.807) is 0 Å². The van der Waals surface area contributed by atoms with Crippen LogP contribution in [0.5, 0.6) is 0 Å². The Kier molecular flexibility index (Phi) is 5.20. The van der Waals surface area contributed by atoms with Crippen LogP contribution in [-0.2, 0) is 11.3 Å². The predicted octanol–water partition coefficient (Wildman–Crippen LogP) is 1.55. The molecule has 0 spiro atoms. The van der Waals surface area contributed by atoms with Crippen molar-refractivity contribution in [2.45, 2.75) is 52.6 Å². The summed E-state index contributed by atoms with van der Waals surface area (Å²) in [6.45, 7) is 7.82. The lowest BCUT2D eigenvalue weighted by Gasteiger charge is -2.35. The van der Waals surface area contributed by atoms with Gasteiger partial charge in [0.25, 0.3) is 0 Å². The van der Waals surface area contributed by atoms with E-state index in [-0.39, 0.29) is 5.91 Å². The number of rotatable bonds is 5. The molecule has 1 aliphatic rings. The normalized spacial score (nSPS) is 18.7. The number of carbonyl (C=O) groups excluding carboxylic acids is 1. The number of nitrogens with one attached hydrogen (secondary N) is 1. The van der Waals surface area contributed by atoms with Crippen LogP contribution in [-0.4, -0.2) is 54.9 Å². The minimum atomic E-state index is -0.0375. The summed E-state index contributed by atoms with van der Waals surface area (Å²) in [7, 11) is 0. The van der Waals surface area contributed by atoms with Gasteiger partial charge in [0, 0.05) is 6.04 Å². The van der Waals surface area contributed by atoms with Gasteiger partial charge in [-0.3, -0.25) is 15.0 Å². The second-order valence-electron chi connectivity index (χ2n) is 6.18. The summed E-state index contributed by atoms with van der Waals surface area (Å²) >= 11 is 1.39. The molecule has 24 heavy (non-hydrogen) atoms. The Morgan fingerprint density at radius 3 is 2.79 bits per heavy atom. The van der Waals surface area contributed by atoms with Gasteiger partial charge in [0.2, 0.25) is 11.0 Å². The Balaban J connectivity index is 1.61. The van der Waals surface area contributed by atoms with E-state index >= 15 is 0 Å². The van der Waals surface area contributed by atoms with Crippen LogP contribution in [0, 0.1) is 20.8 Å². The smallest absolute Gasteiger partial charge is 0.240 e. The maximum absolute atomic E-state index is 12.3. The second kappa shape index (κ2) is 7.35. The van der Waals surface area contributed by atoms with Gasteiger partial charge in [-0.1, -0.05) is 17.8 Å². The number of piperidine rings is 1. The minimum absolute atomic E-state index is 0.0375. The molecule has 0 aromatic carbocycles. The number of aryl methyl sites for hydroxylation is 3. The van der Waals surface area contributed by atoms with Crippen LogP contribution < -0.4 is 5.32 Å². The highest BCUT2D eigenvalue weighted by atomic mass is 32.1. The molecule has 8 nitrogen and oxygen atoms in total. The fourth-order valence-corrected chi connectivity index (χ4v) is 3.71. The lowest BCUT2D eigenvalue weighted by Crippen LogP contribution is -2.46. The average molecular weight is 349 g/mol. The molecule has 1 atom stereocenters. The standard InChI is InChI=1S/C15H23N7OS/c1-10-16-11(2)22(20-10)8-13-6-4-5-7-21(13)9-14(23)17-15-19-18-12(3)24-15/h13H,4-9H2,1-3H3,(H,17,19,23)/t13-/m0/s1. The summed E-state index contributed by atoms with van der Waals surface area (Å²) in [4.78, 5) is 18.9. The summed E-state index contributed by atoms with van der Waals surface area (Å²) in [6.07, 6.45) is 3.38.